The van der Waals surface area contributed by atoms with Crippen molar-refractivity contribution in [3.05, 3.63) is 65.3 Å². The van der Waals surface area contributed by atoms with Gasteiger partial charge in [-0.3, -0.25) is 0 Å². The molecule has 0 aliphatic heterocycles. The molecule has 3 aromatic rings. The first kappa shape index (κ1) is 15.7. The molecule has 24 heavy (non-hydrogen) atoms. The molecule has 0 atom stereocenters. The van der Waals surface area contributed by atoms with Crippen LogP contribution in [0.2, 0.25) is 0 Å². The molecule has 0 spiro atoms. The summed E-state index contributed by atoms with van der Waals surface area (Å²) < 4.78 is 39.0. The summed E-state index contributed by atoms with van der Waals surface area (Å²) in [6.45, 7) is 0. The number of nitrogens with zero attached hydrogens (tertiary/aromatic N) is 4. The van der Waals surface area contributed by atoms with Crippen LogP contribution in [-0.2, 0) is 6.18 Å². The fourth-order valence-electron chi connectivity index (χ4n) is 2.06. The summed E-state index contributed by atoms with van der Waals surface area (Å²) in [5.74, 6) is 0.330. The molecule has 0 aliphatic carbocycles. The molecule has 0 aliphatic rings. The Morgan fingerprint density at radius 2 is 1.62 bits per heavy atom. The van der Waals surface area contributed by atoms with E-state index in [0.29, 0.717) is 17.1 Å². The normalized spacial score (nSPS) is 11.5. The number of benzene rings is 2. The lowest BCUT2D eigenvalue weighted by atomic mass is 10.2. The predicted octanol–water partition coefficient (Wildman–Crippen LogP) is 3.75. The zero-order valence-electron chi connectivity index (χ0n) is 12.0. The van der Waals surface area contributed by atoms with E-state index in [4.69, 9.17) is 5.21 Å². The van der Waals surface area contributed by atoms with Crippen molar-refractivity contribution >= 4 is 5.69 Å². The summed E-state index contributed by atoms with van der Waals surface area (Å²) in [5.41, 5.74) is 0.333. The van der Waals surface area contributed by atoms with Gasteiger partial charge < -0.3 is 0 Å². The van der Waals surface area contributed by atoms with Crippen LogP contribution in [0.1, 0.15) is 5.56 Å². The monoisotopic (exact) mass is 335 g/mol. The van der Waals surface area contributed by atoms with Gasteiger partial charge in [-0.1, -0.05) is 0 Å². The minimum atomic E-state index is -4.39. The van der Waals surface area contributed by atoms with Crippen LogP contribution in [0.5, 0.6) is 0 Å². The van der Waals surface area contributed by atoms with E-state index in [0.717, 1.165) is 12.1 Å². The number of hydrogen-bond acceptors (Lipinski definition) is 3. The van der Waals surface area contributed by atoms with Crippen molar-refractivity contribution < 1.29 is 23.3 Å². The van der Waals surface area contributed by atoms with Gasteiger partial charge in [0.25, 0.3) is 4.92 Å². The van der Waals surface area contributed by atoms with Crippen LogP contribution in [0.15, 0.2) is 54.9 Å². The minimum Gasteiger partial charge on any atom is -0.241 e. The molecule has 0 bridgehead atoms. The quantitative estimate of drug-likeness (QED) is 0.740. The van der Waals surface area contributed by atoms with Crippen molar-refractivity contribution in [1.29, 1.82) is 0 Å². The van der Waals surface area contributed by atoms with E-state index >= 15 is 0 Å². The molecule has 122 valence electrons. The smallest absolute Gasteiger partial charge is 0.241 e. The van der Waals surface area contributed by atoms with E-state index < -0.39 is 11.7 Å². The second kappa shape index (κ2) is 5.76. The van der Waals surface area contributed by atoms with Crippen LogP contribution in [0, 0.1) is 4.91 Å². The Kier molecular flexibility index (Phi) is 3.76. The maximum absolute atomic E-state index is 12.6. The SMILES string of the molecule is O=[N+](O)c1ccc(-c2ncn(-c3ccc(C(F)(F)F)cc3)n2)cc1. The molecule has 1 N–H and O–H groups in total. The largest absolute Gasteiger partial charge is 0.416 e. The lowest BCUT2D eigenvalue weighted by molar-refractivity contribution is -0.729. The summed E-state index contributed by atoms with van der Waals surface area (Å²) in [4.78, 5) is 14.6. The molecule has 6 nitrogen and oxygen atoms in total. The highest BCUT2D eigenvalue weighted by molar-refractivity contribution is 5.56. The van der Waals surface area contributed by atoms with Crippen LogP contribution in [-0.4, -0.2) is 24.9 Å². The molecule has 9 heteroatoms. The highest BCUT2D eigenvalue weighted by Gasteiger charge is 2.30. The summed E-state index contributed by atoms with van der Waals surface area (Å²) >= 11 is 0. The van der Waals surface area contributed by atoms with Gasteiger partial charge in [0.2, 0.25) is 0 Å². The van der Waals surface area contributed by atoms with Gasteiger partial charge >= 0.3 is 11.9 Å². The molecule has 3 rings (SSSR count). The molecular formula is C15H10F3N4O2+. The first-order chi connectivity index (χ1) is 11.3. The second-order valence-electron chi connectivity index (χ2n) is 4.88. The lowest BCUT2D eigenvalue weighted by Crippen LogP contribution is -2.05. The van der Waals surface area contributed by atoms with Gasteiger partial charge in [-0.15, -0.1) is 5.10 Å². The fourth-order valence-corrected chi connectivity index (χ4v) is 2.06. The summed E-state index contributed by atoms with van der Waals surface area (Å²) in [7, 11) is 0. The Bertz CT molecular complexity index is 871. The molecule has 0 unspecified atom stereocenters. The molecule has 1 aromatic heterocycles. The van der Waals surface area contributed by atoms with Gasteiger partial charge in [-0.05, 0) is 36.4 Å². The molecule has 0 radical (unpaired) electrons. The van der Waals surface area contributed by atoms with Crippen molar-refractivity contribution in [3.63, 3.8) is 0 Å². The van der Waals surface area contributed by atoms with Gasteiger partial charge in [-0.2, -0.15) is 13.2 Å². The number of aromatic nitrogens is 3. The average Bonchev–Trinajstić information content (AvgIpc) is 3.04. The van der Waals surface area contributed by atoms with Gasteiger partial charge in [0.15, 0.2) is 5.82 Å². The van der Waals surface area contributed by atoms with Crippen LogP contribution >= 0.6 is 0 Å². The molecule has 1 heterocycles. The van der Waals surface area contributed by atoms with Crippen LogP contribution < -0.4 is 0 Å². The third-order valence-electron chi connectivity index (χ3n) is 3.30. The average molecular weight is 335 g/mol. The molecular weight excluding hydrogens is 325 g/mol. The van der Waals surface area contributed by atoms with Crippen LogP contribution in [0.3, 0.4) is 0 Å². The van der Waals surface area contributed by atoms with E-state index in [2.05, 4.69) is 10.1 Å². The highest BCUT2D eigenvalue weighted by Crippen LogP contribution is 2.29. The third kappa shape index (κ3) is 3.09. The Morgan fingerprint density at radius 1 is 1.00 bits per heavy atom. The topological polar surface area (TPSA) is 71.0 Å². The van der Waals surface area contributed by atoms with Crippen molar-refractivity contribution in [3.8, 4) is 17.1 Å². The second-order valence-corrected chi connectivity index (χ2v) is 4.88. The van der Waals surface area contributed by atoms with E-state index in [1.54, 1.807) is 12.1 Å². The van der Waals surface area contributed by atoms with Gasteiger partial charge in [-0.25, -0.2) is 14.9 Å². The van der Waals surface area contributed by atoms with E-state index in [1.807, 2.05) is 0 Å². The fraction of sp³-hybridized carbons (Fsp3) is 0.0667. The maximum Gasteiger partial charge on any atom is 0.416 e. The first-order valence-electron chi connectivity index (χ1n) is 6.70. The zero-order valence-corrected chi connectivity index (χ0v) is 12.0. The van der Waals surface area contributed by atoms with Crippen molar-refractivity contribution in [2.24, 2.45) is 0 Å². The van der Waals surface area contributed by atoms with Crippen LogP contribution in [0.25, 0.3) is 17.1 Å². The zero-order chi connectivity index (χ0) is 17.3. The number of rotatable bonds is 3. The third-order valence-corrected chi connectivity index (χ3v) is 3.30. The standard InChI is InChI=1S/C15H10F3N4O2/c16-15(17,18)11-3-7-12(8-4-11)21-9-19-14(20-21)10-1-5-13(6-2-10)22(23)24/h1-9H,(H,23,24)/q+1. The lowest BCUT2D eigenvalue weighted by Gasteiger charge is -2.07. The number of alkyl halides is 3. The van der Waals surface area contributed by atoms with E-state index in [9.17, 15) is 18.1 Å². The van der Waals surface area contributed by atoms with Crippen molar-refractivity contribution in [2.75, 3.05) is 0 Å². The van der Waals surface area contributed by atoms with Gasteiger partial charge in [0.05, 0.1) is 16.2 Å². The number of hydrogen-bond donors (Lipinski definition) is 1. The summed E-state index contributed by atoms with van der Waals surface area (Å²) in [6, 6.07) is 10.4. The minimum absolute atomic E-state index is 0.0564. The van der Waals surface area contributed by atoms with E-state index in [1.165, 1.54) is 35.3 Å². The Morgan fingerprint density at radius 3 is 2.17 bits per heavy atom. The molecule has 0 saturated heterocycles. The number of halogens is 3. The highest BCUT2D eigenvalue weighted by atomic mass is 19.4. The first-order valence-corrected chi connectivity index (χ1v) is 6.70. The molecule has 2 aromatic carbocycles. The van der Waals surface area contributed by atoms with Crippen molar-refractivity contribution in [1.82, 2.24) is 14.8 Å². The molecule has 0 saturated carbocycles. The Balaban J connectivity index is 1.86. The van der Waals surface area contributed by atoms with Gasteiger partial charge in [0, 0.05) is 17.7 Å². The predicted molar refractivity (Wildman–Crippen MR) is 76.9 cm³/mol. The molecule has 0 amide bonds. The van der Waals surface area contributed by atoms with Crippen molar-refractivity contribution in [2.45, 2.75) is 6.18 Å². The summed E-state index contributed by atoms with van der Waals surface area (Å²) in [5, 5.41) is 13.0. The maximum atomic E-state index is 12.6. The summed E-state index contributed by atoms with van der Waals surface area (Å²) in [6.07, 6.45) is -3.02. The van der Waals surface area contributed by atoms with Crippen LogP contribution in [0.4, 0.5) is 18.9 Å². The van der Waals surface area contributed by atoms with Gasteiger partial charge in [0.1, 0.15) is 6.33 Å². The Hall–Kier alpha value is -3.23. The Labute approximate surface area is 133 Å². The molecule has 0 fully saturated rings. The van der Waals surface area contributed by atoms with E-state index in [-0.39, 0.29) is 10.6 Å².